The molecule has 1 unspecified atom stereocenters. The van der Waals surface area contributed by atoms with Gasteiger partial charge in [-0.25, -0.2) is 18.1 Å². The Labute approximate surface area is 138 Å². The lowest BCUT2D eigenvalue weighted by Gasteiger charge is -2.29. The number of nitrogens with two attached hydrogens (primary N) is 1. The second-order valence-corrected chi connectivity index (χ2v) is 7.09. The normalized spacial score (nSPS) is 18.8. The van der Waals surface area contributed by atoms with Crippen molar-refractivity contribution in [2.24, 2.45) is 0 Å². The van der Waals surface area contributed by atoms with Gasteiger partial charge in [-0.05, 0) is 31.2 Å². The topological polar surface area (TPSA) is 129 Å². The third-order valence-corrected chi connectivity index (χ3v) is 5.23. The summed E-state index contributed by atoms with van der Waals surface area (Å²) in [4.78, 5) is 36.8. The molecular formula is C14H17N4O5S+. The number of imide groups is 1. The molecule has 1 fully saturated rings. The van der Waals surface area contributed by atoms with E-state index < -0.39 is 27.2 Å². The molecule has 0 aliphatic carbocycles. The summed E-state index contributed by atoms with van der Waals surface area (Å²) < 4.78 is 27.3. The Bertz CT molecular complexity index is 807. The van der Waals surface area contributed by atoms with Gasteiger partial charge in [0.2, 0.25) is 0 Å². The number of benzene rings is 1. The quantitative estimate of drug-likeness (QED) is 0.649. The summed E-state index contributed by atoms with van der Waals surface area (Å²) in [7, 11) is -1.78. The van der Waals surface area contributed by atoms with Crippen LogP contribution in [0.5, 0.6) is 0 Å². The summed E-state index contributed by atoms with van der Waals surface area (Å²) in [5.41, 5.74) is 0.589. The third kappa shape index (κ3) is 3.00. The second-order valence-electron chi connectivity index (χ2n) is 5.32. The fourth-order valence-corrected chi connectivity index (χ4v) is 3.68. The molecular weight excluding hydrogens is 336 g/mol. The van der Waals surface area contributed by atoms with E-state index in [1.807, 2.05) is 0 Å². The molecule has 1 aromatic rings. The maximum atomic E-state index is 12.5. The number of amidine groups is 1. The van der Waals surface area contributed by atoms with Crippen molar-refractivity contribution >= 4 is 39.3 Å². The summed E-state index contributed by atoms with van der Waals surface area (Å²) in [6, 6.07) is 5.00. The molecule has 0 bridgehead atoms. The highest BCUT2D eigenvalue weighted by Crippen LogP contribution is 2.19. The van der Waals surface area contributed by atoms with E-state index in [-0.39, 0.29) is 17.3 Å². The molecule has 2 rings (SSSR count). The number of nitrogens with zero attached hydrogens (tertiary/aromatic N) is 2. The first-order valence-corrected chi connectivity index (χ1v) is 8.41. The van der Waals surface area contributed by atoms with Gasteiger partial charge in [-0.3, -0.25) is 19.7 Å². The number of rotatable bonds is 4. The summed E-state index contributed by atoms with van der Waals surface area (Å²) in [5, 5.41) is 3.96. The Morgan fingerprint density at radius 1 is 1.12 bits per heavy atom. The number of urea groups is 1. The third-order valence-electron chi connectivity index (χ3n) is 3.65. The van der Waals surface area contributed by atoms with Crippen molar-refractivity contribution in [3.63, 3.8) is 0 Å². The maximum Gasteiger partial charge on any atom is 0.417 e. The molecule has 1 aliphatic rings. The highest BCUT2D eigenvalue weighted by molar-refractivity contribution is 7.94. The molecule has 3 amide bonds. The van der Waals surface area contributed by atoms with E-state index in [0.29, 0.717) is 10.5 Å². The van der Waals surface area contributed by atoms with Crippen LogP contribution in [-0.2, 0) is 14.8 Å². The number of nitrogens with one attached hydrogen (secondary N) is 1. The first kappa shape index (κ1) is 17.6. The number of hydrogen-bond donors (Lipinski definition) is 2. The van der Waals surface area contributed by atoms with Gasteiger partial charge in [0.15, 0.2) is 5.78 Å². The SMILES string of the molecule is CC(=O)c1ccc(NS(=O)(=O)C2C(=[NH2+])N(C)C(=O)N(C)C2=O)cc1. The predicted octanol–water partition coefficient (Wildman–Crippen LogP) is -1.32. The largest absolute Gasteiger partial charge is 0.417 e. The maximum absolute atomic E-state index is 12.5. The molecule has 1 heterocycles. The zero-order valence-corrected chi connectivity index (χ0v) is 14.1. The zero-order chi connectivity index (χ0) is 18.2. The van der Waals surface area contributed by atoms with Gasteiger partial charge < -0.3 is 0 Å². The van der Waals surface area contributed by atoms with Gasteiger partial charge in [0, 0.05) is 18.3 Å². The molecule has 1 aromatic carbocycles. The van der Waals surface area contributed by atoms with Crippen LogP contribution in [0.15, 0.2) is 24.3 Å². The number of carbonyl (C=O) groups is 3. The number of amides is 3. The standard InChI is InChI=1S/C14H16N4O5S/c1-8(19)9-4-6-10(7-5-9)16-24(22,23)11-12(15)17(2)14(21)18(3)13(11)20/h4-7,11,15-16H,1-3H3/p+1. The van der Waals surface area contributed by atoms with E-state index in [1.165, 1.54) is 45.3 Å². The number of hydrogen-bond acceptors (Lipinski definition) is 5. The van der Waals surface area contributed by atoms with Gasteiger partial charge in [0.1, 0.15) is 0 Å². The highest BCUT2D eigenvalue weighted by atomic mass is 32.2. The van der Waals surface area contributed by atoms with Crippen molar-refractivity contribution in [3.05, 3.63) is 29.8 Å². The van der Waals surface area contributed by atoms with Gasteiger partial charge in [-0.1, -0.05) is 0 Å². The number of ketones is 1. The van der Waals surface area contributed by atoms with Crippen LogP contribution in [0.3, 0.4) is 0 Å². The van der Waals surface area contributed by atoms with Crippen LogP contribution in [0.4, 0.5) is 10.5 Å². The van der Waals surface area contributed by atoms with Gasteiger partial charge in [-0.2, -0.15) is 4.90 Å². The average Bonchev–Trinajstić information content (AvgIpc) is 2.51. The van der Waals surface area contributed by atoms with E-state index in [0.717, 1.165) is 4.90 Å². The molecule has 0 saturated carbocycles. The fourth-order valence-electron chi connectivity index (χ4n) is 2.20. The zero-order valence-electron chi connectivity index (χ0n) is 13.3. The van der Waals surface area contributed by atoms with Crippen molar-refractivity contribution < 1.29 is 28.2 Å². The number of sulfonamides is 1. The molecule has 10 heteroatoms. The Morgan fingerprint density at radius 2 is 1.67 bits per heavy atom. The van der Waals surface area contributed by atoms with Crippen LogP contribution < -0.4 is 10.1 Å². The van der Waals surface area contributed by atoms with Crippen molar-refractivity contribution in [3.8, 4) is 0 Å². The van der Waals surface area contributed by atoms with Crippen molar-refractivity contribution in [1.82, 2.24) is 9.80 Å². The molecule has 3 N–H and O–H groups in total. The van der Waals surface area contributed by atoms with Crippen LogP contribution in [0.2, 0.25) is 0 Å². The summed E-state index contributed by atoms with van der Waals surface area (Å²) >= 11 is 0. The van der Waals surface area contributed by atoms with E-state index >= 15 is 0 Å². The van der Waals surface area contributed by atoms with Gasteiger partial charge >= 0.3 is 6.03 Å². The number of Topliss-reactive ketones (excluding diaryl/α,β-unsaturated/α-hetero) is 1. The summed E-state index contributed by atoms with van der Waals surface area (Å²) in [6.45, 7) is 1.39. The molecule has 1 aliphatic heterocycles. The smallest absolute Gasteiger partial charge is 0.295 e. The molecule has 9 nitrogen and oxygen atoms in total. The molecule has 0 aromatic heterocycles. The number of carbonyl (C=O) groups excluding carboxylic acids is 3. The summed E-state index contributed by atoms with van der Waals surface area (Å²) in [6.07, 6.45) is 0. The van der Waals surface area contributed by atoms with Gasteiger partial charge in [-0.15, -0.1) is 0 Å². The van der Waals surface area contributed by atoms with Crippen molar-refractivity contribution in [2.75, 3.05) is 18.8 Å². The van der Waals surface area contributed by atoms with Gasteiger partial charge in [0.05, 0.1) is 7.05 Å². The molecule has 1 saturated heterocycles. The Morgan fingerprint density at radius 3 is 2.17 bits per heavy atom. The Hall–Kier alpha value is -2.75. The minimum absolute atomic E-state index is 0.161. The van der Waals surface area contributed by atoms with Crippen LogP contribution in [0, 0.1) is 0 Å². The lowest BCUT2D eigenvalue weighted by Crippen LogP contribution is -2.70. The van der Waals surface area contributed by atoms with Crippen LogP contribution in [0.1, 0.15) is 17.3 Å². The Balaban J connectivity index is 2.32. The van der Waals surface area contributed by atoms with E-state index in [1.54, 1.807) is 0 Å². The molecule has 0 radical (unpaired) electrons. The molecule has 128 valence electrons. The minimum Gasteiger partial charge on any atom is -0.295 e. The molecule has 24 heavy (non-hydrogen) atoms. The molecule has 0 spiro atoms. The van der Waals surface area contributed by atoms with Crippen LogP contribution in [0.25, 0.3) is 0 Å². The van der Waals surface area contributed by atoms with Crippen LogP contribution in [-0.4, -0.2) is 61.1 Å². The lowest BCUT2D eigenvalue weighted by atomic mass is 10.1. The first-order valence-electron chi connectivity index (χ1n) is 6.86. The second kappa shape index (κ2) is 6.04. The molecule has 1 atom stereocenters. The number of anilines is 1. The minimum atomic E-state index is -4.24. The van der Waals surface area contributed by atoms with Crippen molar-refractivity contribution in [2.45, 2.75) is 12.2 Å². The van der Waals surface area contributed by atoms with Crippen molar-refractivity contribution in [1.29, 1.82) is 0 Å². The lowest BCUT2D eigenvalue weighted by molar-refractivity contribution is -0.140. The highest BCUT2D eigenvalue weighted by Gasteiger charge is 2.52. The van der Waals surface area contributed by atoms with Gasteiger partial charge in [0.25, 0.3) is 27.0 Å². The fraction of sp³-hybridized carbons (Fsp3) is 0.286. The summed E-state index contributed by atoms with van der Waals surface area (Å²) in [5.74, 6) is -1.48. The van der Waals surface area contributed by atoms with E-state index in [2.05, 4.69) is 4.72 Å². The van der Waals surface area contributed by atoms with Crippen LogP contribution >= 0.6 is 0 Å². The first-order chi connectivity index (χ1) is 11.1. The Kier molecular flexibility index (Phi) is 4.43. The van der Waals surface area contributed by atoms with E-state index in [9.17, 15) is 22.8 Å². The monoisotopic (exact) mass is 353 g/mol. The average molecular weight is 353 g/mol. The van der Waals surface area contributed by atoms with E-state index in [4.69, 9.17) is 5.41 Å². The predicted molar refractivity (Wildman–Crippen MR) is 85.6 cm³/mol.